The van der Waals surface area contributed by atoms with E-state index in [1.165, 1.54) is 0 Å². The number of carbonyl (C=O) groups is 1. The second kappa shape index (κ2) is 6.03. The number of piperidine rings is 1. The van der Waals surface area contributed by atoms with Crippen molar-refractivity contribution in [2.24, 2.45) is 7.05 Å². The first-order valence-electron chi connectivity index (χ1n) is 10.3. The molecular weight excluding hydrogens is 354 g/mol. The zero-order chi connectivity index (χ0) is 19.6. The van der Waals surface area contributed by atoms with Crippen LogP contribution in [0.4, 0.5) is 0 Å². The summed E-state index contributed by atoms with van der Waals surface area (Å²) in [5.41, 5.74) is 4.17. The van der Waals surface area contributed by atoms with Crippen LogP contribution >= 0.6 is 0 Å². The summed E-state index contributed by atoms with van der Waals surface area (Å²) in [6, 6.07) is 0. The minimum Gasteiger partial charge on any atom is -0.336 e. The van der Waals surface area contributed by atoms with Gasteiger partial charge in [-0.3, -0.25) is 14.3 Å². The van der Waals surface area contributed by atoms with E-state index in [0.29, 0.717) is 18.2 Å². The molecule has 0 aromatic carbocycles. The highest BCUT2D eigenvalue weighted by atomic mass is 16.2. The van der Waals surface area contributed by atoms with Crippen molar-refractivity contribution in [3.63, 3.8) is 0 Å². The van der Waals surface area contributed by atoms with Crippen molar-refractivity contribution in [1.29, 1.82) is 0 Å². The fourth-order valence-electron chi connectivity index (χ4n) is 5.13. The summed E-state index contributed by atoms with van der Waals surface area (Å²) in [5, 5.41) is 4.41. The summed E-state index contributed by atoms with van der Waals surface area (Å²) < 4.78 is 1.70. The SMILES string of the molecule is Cc1nn(C)c(C(=O)N2CCCC3(CCc4c3nc(C3CC3)[nH]c4=O)C2)c1C. The molecule has 2 aliphatic carbocycles. The van der Waals surface area contributed by atoms with Gasteiger partial charge in [0.05, 0.1) is 11.4 Å². The number of H-pyrrole nitrogens is 1. The number of hydrogen-bond acceptors (Lipinski definition) is 4. The predicted molar refractivity (Wildman–Crippen MR) is 105 cm³/mol. The van der Waals surface area contributed by atoms with E-state index in [1.807, 2.05) is 25.8 Å². The average molecular weight is 381 g/mol. The van der Waals surface area contributed by atoms with Gasteiger partial charge in [-0.1, -0.05) is 0 Å². The van der Waals surface area contributed by atoms with Crippen molar-refractivity contribution in [3.05, 3.63) is 44.4 Å². The second-order valence-electron chi connectivity index (χ2n) is 8.85. The number of rotatable bonds is 2. The Morgan fingerprint density at radius 2 is 2.04 bits per heavy atom. The Kier molecular flexibility index (Phi) is 3.80. The molecule has 1 spiro atoms. The van der Waals surface area contributed by atoms with Crippen LogP contribution in [0.25, 0.3) is 0 Å². The summed E-state index contributed by atoms with van der Waals surface area (Å²) >= 11 is 0. The molecule has 0 radical (unpaired) electrons. The summed E-state index contributed by atoms with van der Waals surface area (Å²) in [6.07, 6.45) is 5.81. The lowest BCUT2D eigenvalue weighted by molar-refractivity contribution is 0.0621. The maximum Gasteiger partial charge on any atom is 0.272 e. The van der Waals surface area contributed by atoms with E-state index >= 15 is 0 Å². The number of aromatic amines is 1. The van der Waals surface area contributed by atoms with Gasteiger partial charge in [0.2, 0.25) is 0 Å². The molecule has 1 unspecified atom stereocenters. The van der Waals surface area contributed by atoms with Crippen LogP contribution in [-0.2, 0) is 18.9 Å². The Hall–Kier alpha value is -2.44. The largest absolute Gasteiger partial charge is 0.336 e. The van der Waals surface area contributed by atoms with Crippen molar-refractivity contribution in [1.82, 2.24) is 24.6 Å². The molecule has 7 nitrogen and oxygen atoms in total. The molecule has 3 aliphatic rings. The number of fused-ring (bicyclic) bond motifs is 2. The second-order valence-corrected chi connectivity index (χ2v) is 8.85. The smallest absolute Gasteiger partial charge is 0.272 e. The van der Waals surface area contributed by atoms with E-state index in [-0.39, 0.29) is 16.9 Å². The van der Waals surface area contributed by atoms with E-state index in [2.05, 4.69) is 10.1 Å². The molecule has 3 heterocycles. The number of hydrogen-bond donors (Lipinski definition) is 1. The Morgan fingerprint density at radius 3 is 2.71 bits per heavy atom. The summed E-state index contributed by atoms with van der Waals surface area (Å²) in [6.45, 7) is 5.29. The zero-order valence-corrected chi connectivity index (χ0v) is 16.8. The fraction of sp³-hybridized carbons (Fsp3) is 0.619. The standard InChI is InChI=1S/C21H27N5O2/c1-12-13(2)24-25(3)16(12)20(28)26-10-4-8-21(11-26)9-7-15-17(21)22-18(14-5-6-14)23-19(15)27/h14H,4-11H2,1-3H3,(H,22,23,27). The van der Waals surface area contributed by atoms with Gasteiger partial charge >= 0.3 is 0 Å². The van der Waals surface area contributed by atoms with Crippen molar-refractivity contribution >= 4 is 5.91 Å². The van der Waals surface area contributed by atoms with Crippen molar-refractivity contribution in [2.45, 2.75) is 63.7 Å². The molecule has 0 bridgehead atoms. The number of likely N-dealkylation sites (tertiary alicyclic amines) is 1. The highest BCUT2D eigenvalue weighted by Crippen LogP contribution is 2.45. The van der Waals surface area contributed by atoms with Crippen LogP contribution in [0.5, 0.6) is 0 Å². The predicted octanol–water partition coefficient (Wildman–Crippen LogP) is 2.12. The number of aryl methyl sites for hydroxylation is 2. The molecule has 5 rings (SSSR count). The van der Waals surface area contributed by atoms with Crippen LogP contribution < -0.4 is 5.56 Å². The first-order valence-corrected chi connectivity index (χ1v) is 10.3. The molecule has 2 aromatic heterocycles. The van der Waals surface area contributed by atoms with Gasteiger partial charge in [-0.25, -0.2) is 4.98 Å². The van der Waals surface area contributed by atoms with Gasteiger partial charge in [0.25, 0.3) is 11.5 Å². The molecule has 1 N–H and O–H groups in total. The number of nitrogens with one attached hydrogen (secondary N) is 1. The number of amides is 1. The molecule has 1 amide bonds. The molecule has 1 saturated carbocycles. The van der Waals surface area contributed by atoms with Crippen LogP contribution in [-0.4, -0.2) is 43.6 Å². The van der Waals surface area contributed by atoms with Gasteiger partial charge in [-0.05, 0) is 52.4 Å². The third-order valence-electron chi connectivity index (χ3n) is 6.94. The van der Waals surface area contributed by atoms with Crippen LogP contribution in [0.3, 0.4) is 0 Å². The Morgan fingerprint density at radius 1 is 1.25 bits per heavy atom. The van der Waals surface area contributed by atoms with Crippen molar-refractivity contribution < 1.29 is 4.79 Å². The van der Waals surface area contributed by atoms with E-state index in [0.717, 1.165) is 73.4 Å². The Bertz CT molecular complexity index is 1030. The van der Waals surface area contributed by atoms with Gasteiger partial charge < -0.3 is 9.88 Å². The lowest BCUT2D eigenvalue weighted by Crippen LogP contribution is -2.48. The van der Waals surface area contributed by atoms with E-state index in [1.54, 1.807) is 4.68 Å². The first kappa shape index (κ1) is 17.6. The third kappa shape index (κ3) is 2.55. The summed E-state index contributed by atoms with van der Waals surface area (Å²) in [4.78, 5) is 35.9. The van der Waals surface area contributed by atoms with Gasteiger partial charge in [0.15, 0.2) is 0 Å². The van der Waals surface area contributed by atoms with Gasteiger partial charge in [-0.2, -0.15) is 5.10 Å². The van der Waals surface area contributed by atoms with E-state index < -0.39 is 0 Å². The molecule has 148 valence electrons. The normalized spacial score (nSPS) is 24.0. The van der Waals surface area contributed by atoms with Crippen LogP contribution in [0.1, 0.15) is 76.8 Å². The minimum atomic E-state index is -0.178. The van der Waals surface area contributed by atoms with Crippen LogP contribution in [0, 0.1) is 13.8 Å². The van der Waals surface area contributed by atoms with Crippen molar-refractivity contribution in [2.75, 3.05) is 13.1 Å². The topological polar surface area (TPSA) is 83.9 Å². The minimum absolute atomic E-state index is 0.0327. The molecular formula is C21H27N5O2. The zero-order valence-electron chi connectivity index (χ0n) is 16.8. The van der Waals surface area contributed by atoms with Gasteiger partial charge in [0, 0.05) is 42.6 Å². The molecule has 2 aromatic rings. The highest BCUT2D eigenvalue weighted by molar-refractivity contribution is 5.94. The maximum absolute atomic E-state index is 13.3. The summed E-state index contributed by atoms with van der Waals surface area (Å²) in [5.74, 6) is 1.31. The first-order chi connectivity index (χ1) is 13.4. The number of carbonyl (C=O) groups excluding carboxylic acids is 1. The van der Waals surface area contributed by atoms with Crippen molar-refractivity contribution in [3.8, 4) is 0 Å². The number of aromatic nitrogens is 4. The quantitative estimate of drug-likeness (QED) is 0.864. The molecule has 7 heteroatoms. The molecule has 1 saturated heterocycles. The van der Waals surface area contributed by atoms with Crippen LogP contribution in [0.15, 0.2) is 4.79 Å². The van der Waals surface area contributed by atoms with E-state index in [9.17, 15) is 9.59 Å². The van der Waals surface area contributed by atoms with Crippen LogP contribution in [0.2, 0.25) is 0 Å². The van der Waals surface area contributed by atoms with Gasteiger partial charge in [0.1, 0.15) is 11.5 Å². The maximum atomic E-state index is 13.3. The number of nitrogens with zero attached hydrogens (tertiary/aromatic N) is 4. The highest BCUT2D eigenvalue weighted by Gasteiger charge is 2.46. The summed E-state index contributed by atoms with van der Waals surface area (Å²) in [7, 11) is 1.83. The lowest BCUT2D eigenvalue weighted by Gasteiger charge is -2.40. The lowest BCUT2D eigenvalue weighted by atomic mass is 9.77. The van der Waals surface area contributed by atoms with Gasteiger partial charge in [-0.15, -0.1) is 0 Å². The molecule has 28 heavy (non-hydrogen) atoms. The molecule has 2 fully saturated rings. The molecule has 1 atom stereocenters. The van der Waals surface area contributed by atoms with E-state index in [4.69, 9.17) is 4.98 Å². The molecule has 1 aliphatic heterocycles. The third-order valence-corrected chi connectivity index (χ3v) is 6.94. The monoisotopic (exact) mass is 381 g/mol. The fourth-order valence-corrected chi connectivity index (χ4v) is 5.13. The Balaban J connectivity index is 1.50. The Labute approximate surface area is 164 Å². The average Bonchev–Trinajstić information content (AvgIpc) is 3.42.